The molecule has 0 amide bonds. The molecular formula is C15H23NO3. The second-order valence-electron chi connectivity index (χ2n) is 4.89. The molecular weight excluding hydrogens is 242 g/mol. The van der Waals surface area contributed by atoms with Crippen LogP contribution in [0.1, 0.15) is 36.5 Å². The number of aromatic hydroxyl groups is 1. The van der Waals surface area contributed by atoms with Crippen LogP contribution < -0.4 is 5.73 Å². The minimum absolute atomic E-state index is 0.0762. The van der Waals surface area contributed by atoms with Gasteiger partial charge in [-0.2, -0.15) is 0 Å². The van der Waals surface area contributed by atoms with Crippen LogP contribution in [0.3, 0.4) is 0 Å². The number of phenols is 1. The van der Waals surface area contributed by atoms with Gasteiger partial charge in [0.05, 0.1) is 6.61 Å². The van der Waals surface area contributed by atoms with Gasteiger partial charge in [0.25, 0.3) is 0 Å². The Hall–Kier alpha value is -1.55. The summed E-state index contributed by atoms with van der Waals surface area (Å²) in [5, 5.41) is 9.71. The van der Waals surface area contributed by atoms with E-state index in [1.807, 2.05) is 26.0 Å². The first-order valence-corrected chi connectivity index (χ1v) is 6.64. The lowest BCUT2D eigenvalue weighted by atomic mass is 9.98. The minimum atomic E-state index is -0.198. The van der Waals surface area contributed by atoms with Crippen molar-refractivity contribution in [1.29, 1.82) is 0 Å². The van der Waals surface area contributed by atoms with Gasteiger partial charge in [-0.15, -0.1) is 0 Å². The number of nitrogens with two attached hydrogens (primary N) is 1. The number of carbonyl (C=O) groups is 1. The Morgan fingerprint density at radius 2 is 1.95 bits per heavy atom. The number of hydrogen-bond acceptors (Lipinski definition) is 4. The fourth-order valence-corrected chi connectivity index (χ4v) is 2.10. The predicted octanol–water partition coefficient (Wildman–Crippen LogP) is 2.22. The first kappa shape index (κ1) is 15.5. The molecule has 3 N–H and O–H groups in total. The van der Waals surface area contributed by atoms with Crippen molar-refractivity contribution in [3.63, 3.8) is 0 Å². The molecule has 19 heavy (non-hydrogen) atoms. The highest BCUT2D eigenvalue weighted by atomic mass is 16.5. The number of rotatable bonds is 6. The van der Waals surface area contributed by atoms with Gasteiger partial charge in [-0.25, -0.2) is 0 Å². The van der Waals surface area contributed by atoms with E-state index < -0.39 is 0 Å². The smallest absolute Gasteiger partial charge is 0.305 e. The van der Waals surface area contributed by atoms with Crippen LogP contribution in [0, 0.1) is 13.8 Å². The van der Waals surface area contributed by atoms with E-state index in [0.29, 0.717) is 31.6 Å². The lowest BCUT2D eigenvalue weighted by Crippen LogP contribution is -2.24. The van der Waals surface area contributed by atoms with E-state index in [0.717, 1.165) is 16.7 Å². The second kappa shape index (κ2) is 7.14. The SMILES string of the molecule is CCOC(=O)CCC(N)Cc1cc(C)c(O)c(C)c1. The molecule has 0 aromatic heterocycles. The molecule has 1 rings (SSSR count). The van der Waals surface area contributed by atoms with Crippen molar-refractivity contribution >= 4 is 5.97 Å². The third-order valence-electron chi connectivity index (χ3n) is 3.07. The van der Waals surface area contributed by atoms with Crippen LogP contribution in [0.25, 0.3) is 0 Å². The predicted molar refractivity (Wildman–Crippen MR) is 75.1 cm³/mol. The molecule has 1 atom stereocenters. The third-order valence-corrected chi connectivity index (χ3v) is 3.07. The zero-order valence-electron chi connectivity index (χ0n) is 11.9. The molecule has 0 saturated carbocycles. The Balaban J connectivity index is 2.53. The summed E-state index contributed by atoms with van der Waals surface area (Å²) in [5.74, 6) is 0.139. The molecule has 0 heterocycles. The second-order valence-corrected chi connectivity index (χ2v) is 4.89. The number of ether oxygens (including phenoxy) is 1. The van der Waals surface area contributed by atoms with Crippen LogP contribution in [0.5, 0.6) is 5.75 Å². The fraction of sp³-hybridized carbons (Fsp3) is 0.533. The highest BCUT2D eigenvalue weighted by Crippen LogP contribution is 2.23. The lowest BCUT2D eigenvalue weighted by Gasteiger charge is -2.13. The summed E-state index contributed by atoms with van der Waals surface area (Å²) in [6.07, 6.45) is 1.66. The molecule has 0 fully saturated rings. The summed E-state index contributed by atoms with van der Waals surface area (Å²) in [6.45, 7) is 5.94. The quantitative estimate of drug-likeness (QED) is 0.774. The molecule has 0 bridgehead atoms. The van der Waals surface area contributed by atoms with Crippen LogP contribution in [-0.4, -0.2) is 23.7 Å². The van der Waals surface area contributed by atoms with E-state index in [1.165, 1.54) is 0 Å². The van der Waals surface area contributed by atoms with Crippen LogP contribution in [-0.2, 0) is 16.0 Å². The summed E-state index contributed by atoms with van der Waals surface area (Å²) >= 11 is 0. The van der Waals surface area contributed by atoms with Gasteiger partial charge in [0.2, 0.25) is 0 Å². The topological polar surface area (TPSA) is 72.5 Å². The largest absolute Gasteiger partial charge is 0.507 e. The van der Waals surface area contributed by atoms with Gasteiger partial charge in [0.1, 0.15) is 5.75 Å². The molecule has 4 heteroatoms. The Morgan fingerprint density at radius 3 is 2.47 bits per heavy atom. The molecule has 0 saturated heterocycles. The zero-order valence-corrected chi connectivity index (χ0v) is 11.9. The van der Waals surface area contributed by atoms with Gasteiger partial charge < -0.3 is 15.6 Å². The fourth-order valence-electron chi connectivity index (χ4n) is 2.10. The monoisotopic (exact) mass is 265 g/mol. The number of benzene rings is 1. The van der Waals surface area contributed by atoms with E-state index in [2.05, 4.69) is 0 Å². The average molecular weight is 265 g/mol. The molecule has 0 aliphatic rings. The number of carbonyl (C=O) groups excluding carboxylic acids is 1. The van der Waals surface area contributed by atoms with Crippen molar-refractivity contribution < 1.29 is 14.6 Å². The molecule has 1 aromatic carbocycles. The third kappa shape index (κ3) is 4.91. The van der Waals surface area contributed by atoms with Crippen molar-refractivity contribution in [3.8, 4) is 5.75 Å². The zero-order chi connectivity index (χ0) is 14.4. The number of phenolic OH excluding ortho intramolecular Hbond substituents is 1. The molecule has 0 radical (unpaired) electrons. The van der Waals surface area contributed by atoms with Gasteiger partial charge in [-0.05, 0) is 50.3 Å². The minimum Gasteiger partial charge on any atom is -0.507 e. The van der Waals surface area contributed by atoms with Gasteiger partial charge in [0.15, 0.2) is 0 Å². The Bertz CT molecular complexity index is 420. The van der Waals surface area contributed by atoms with Crippen molar-refractivity contribution in [1.82, 2.24) is 0 Å². The highest BCUT2D eigenvalue weighted by Gasteiger charge is 2.10. The Morgan fingerprint density at radius 1 is 1.37 bits per heavy atom. The Kier molecular flexibility index (Phi) is 5.83. The highest BCUT2D eigenvalue weighted by molar-refractivity contribution is 5.69. The van der Waals surface area contributed by atoms with Crippen molar-refractivity contribution in [3.05, 3.63) is 28.8 Å². The maximum atomic E-state index is 11.2. The van der Waals surface area contributed by atoms with E-state index in [4.69, 9.17) is 10.5 Å². The molecule has 0 aliphatic heterocycles. The van der Waals surface area contributed by atoms with Gasteiger partial charge in [-0.3, -0.25) is 4.79 Å². The summed E-state index contributed by atoms with van der Waals surface area (Å²) in [4.78, 5) is 11.2. The number of hydrogen-bond donors (Lipinski definition) is 2. The first-order chi connectivity index (χ1) is 8.93. The maximum Gasteiger partial charge on any atom is 0.305 e. The summed E-state index contributed by atoms with van der Waals surface area (Å²) in [6, 6.07) is 3.80. The first-order valence-electron chi connectivity index (χ1n) is 6.64. The maximum absolute atomic E-state index is 11.2. The molecule has 0 spiro atoms. The van der Waals surface area contributed by atoms with E-state index >= 15 is 0 Å². The van der Waals surface area contributed by atoms with Crippen molar-refractivity contribution in [2.24, 2.45) is 5.73 Å². The lowest BCUT2D eigenvalue weighted by molar-refractivity contribution is -0.143. The van der Waals surface area contributed by atoms with Crippen molar-refractivity contribution in [2.75, 3.05) is 6.61 Å². The van der Waals surface area contributed by atoms with Crippen LogP contribution in [0.4, 0.5) is 0 Å². The van der Waals surface area contributed by atoms with Crippen LogP contribution in [0.2, 0.25) is 0 Å². The summed E-state index contributed by atoms with van der Waals surface area (Å²) in [7, 11) is 0. The summed E-state index contributed by atoms with van der Waals surface area (Å²) in [5.41, 5.74) is 8.81. The van der Waals surface area contributed by atoms with Crippen LogP contribution in [0.15, 0.2) is 12.1 Å². The summed E-state index contributed by atoms with van der Waals surface area (Å²) < 4.78 is 4.87. The Labute approximate surface area is 114 Å². The number of aryl methyl sites for hydroxylation is 2. The molecule has 4 nitrogen and oxygen atoms in total. The van der Waals surface area contributed by atoms with E-state index in [-0.39, 0.29) is 12.0 Å². The standard InChI is InChI=1S/C15H23NO3/c1-4-19-14(17)6-5-13(16)9-12-7-10(2)15(18)11(3)8-12/h7-8,13,18H,4-6,9,16H2,1-3H3. The molecule has 1 unspecified atom stereocenters. The average Bonchev–Trinajstić information content (AvgIpc) is 2.34. The van der Waals surface area contributed by atoms with Gasteiger partial charge >= 0.3 is 5.97 Å². The molecule has 106 valence electrons. The molecule has 0 aliphatic carbocycles. The van der Waals surface area contributed by atoms with Crippen LogP contribution >= 0.6 is 0 Å². The van der Waals surface area contributed by atoms with Crippen molar-refractivity contribution in [2.45, 2.75) is 46.1 Å². The molecule has 1 aromatic rings. The normalized spacial score (nSPS) is 12.2. The van der Waals surface area contributed by atoms with Gasteiger partial charge in [0, 0.05) is 12.5 Å². The van der Waals surface area contributed by atoms with Gasteiger partial charge in [-0.1, -0.05) is 12.1 Å². The van der Waals surface area contributed by atoms with E-state index in [1.54, 1.807) is 6.92 Å². The van der Waals surface area contributed by atoms with E-state index in [9.17, 15) is 9.90 Å². The number of esters is 1.